The van der Waals surface area contributed by atoms with Crippen molar-refractivity contribution < 1.29 is 26.4 Å². The number of nitrogens with one attached hydrogen (secondary N) is 1. The van der Waals surface area contributed by atoms with E-state index in [1.807, 2.05) is 61.5 Å². The average Bonchev–Trinajstić information content (AvgIpc) is 3.19. The zero-order chi connectivity index (χ0) is 24.9. The van der Waals surface area contributed by atoms with E-state index in [-0.39, 0.29) is 27.4 Å². The van der Waals surface area contributed by atoms with Gasteiger partial charge in [-0.15, -0.1) is 0 Å². The Kier molecular flexibility index (Phi) is 8.11. The predicted octanol–water partition coefficient (Wildman–Crippen LogP) is 4.94. The van der Waals surface area contributed by atoms with Crippen LogP contribution in [0.4, 0.5) is 18.3 Å². The Hall–Kier alpha value is -2.76. The van der Waals surface area contributed by atoms with E-state index < -0.39 is 22.7 Å². The minimum absolute atomic E-state index is 0.0378. The molecule has 0 aliphatic carbocycles. The molecule has 0 unspecified atom stereocenters. The Morgan fingerprint density at radius 3 is 2.26 bits per heavy atom. The minimum Gasteiger partial charge on any atom is -0.288 e. The quantitative estimate of drug-likeness (QED) is 0.441. The molecule has 34 heavy (non-hydrogen) atoms. The van der Waals surface area contributed by atoms with Crippen LogP contribution in [0.1, 0.15) is 24.6 Å². The summed E-state index contributed by atoms with van der Waals surface area (Å²) in [5, 5.41) is 0.137. The summed E-state index contributed by atoms with van der Waals surface area (Å²) in [6, 6.07) is 17.4. The fourth-order valence-corrected chi connectivity index (χ4v) is 5.85. The second kappa shape index (κ2) is 10.7. The third-order valence-corrected chi connectivity index (χ3v) is 8.04. The number of amides is 1. The van der Waals surface area contributed by atoms with E-state index in [0.717, 1.165) is 16.7 Å². The molecule has 3 aromatic rings. The fourth-order valence-electron chi connectivity index (χ4n) is 3.24. The molecule has 0 atom stereocenters. The number of rotatable bonds is 9. The van der Waals surface area contributed by atoms with Gasteiger partial charge >= 0.3 is 6.18 Å². The van der Waals surface area contributed by atoms with Gasteiger partial charge in [0.1, 0.15) is 6.54 Å². The van der Waals surface area contributed by atoms with Crippen molar-refractivity contribution in [3.8, 4) is 11.1 Å². The second-order valence-corrected chi connectivity index (χ2v) is 10.5. The molecular formula is C23H24F3N3O3S2. The number of hydrogen-bond acceptors (Lipinski definition) is 5. The molecule has 0 aliphatic rings. The maximum Gasteiger partial charge on any atom is 0.402 e. The number of halogens is 3. The van der Waals surface area contributed by atoms with E-state index in [0.29, 0.717) is 24.3 Å². The highest BCUT2D eigenvalue weighted by Crippen LogP contribution is 2.31. The fraction of sp³-hybridized carbons (Fsp3) is 0.304. The van der Waals surface area contributed by atoms with Crippen molar-refractivity contribution in [3.63, 3.8) is 0 Å². The number of alkyl halides is 3. The van der Waals surface area contributed by atoms with Crippen molar-refractivity contribution in [1.29, 1.82) is 0 Å². The highest BCUT2D eigenvalue weighted by molar-refractivity contribution is 7.91. The molecule has 0 aliphatic heterocycles. The van der Waals surface area contributed by atoms with Gasteiger partial charge in [0.2, 0.25) is 5.91 Å². The molecule has 11 heteroatoms. The van der Waals surface area contributed by atoms with Crippen LogP contribution in [0, 0.1) is 6.92 Å². The molecule has 0 spiro atoms. The summed E-state index contributed by atoms with van der Waals surface area (Å²) in [6.07, 6.45) is -4.03. The van der Waals surface area contributed by atoms with E-state index in [4.69, 9.17) is 0 Å². The number of thiazole rings is 1. The monoisotopic (exact) mass is 511 g/mol. The summed E-state index contributed by atoms with van der Waals surface area (Å²) in [5.74, 6) is -0.282. The van der Waals surface area contributed by atoms with E-state index in [1.165, 1.54) is 11.8 Å². The summed E-state index contributed by atoms with van der Waals surface area (Å²) in [6.45, 7) is 1.86. The van der Waals surface area contributed by atoms with E-state index >= 15 is 0 Å². The van der Waals surface area contributed by atoms with E-state index in [2.05, 4.69) is 4.98 Å². The summed E-state index contributed by atoms with van der Waals surface area (Å²) in [7, 11) is -4.42. The molecule has 3 rings (SSSR count). The van der Waals surface area contributed by atoms with Gasteiger partial charge in [0, 0.05) is 6.54 Å². The van der Waals surface area contributed by atoms with Gasteiger partial charge in [-0.25, -0.2) is 18.1 Å². The lowest BCUT2D eigenvalue weighted by atomic mass is 10.0. The summed E-state index contributed by atoms with van der Waals surface area (Å²) >= 11 is 0.680. The van der Waals surface area contributed by atoms with Crippen LogP contribution in [0.5, 0.6) is 0 Å². The molecular weight excluding hydrogens is 487 g/mol. The molecule has 6 nitrogen and oxygen atoms in total. The molecule has 0 radical (unpaired) electrons. The smallest absolute Gasteiger partial charge is 0.288 e. The molecule has 0 bridgehead atoms. The molecule has 0 saturated carbocycles. The highest BCUT2D eigenvalue weighted by Gasteiger charge is 2.32. The highest BCUT2D eigenvalue weighted by atomic mass is 32.2. The lowest BCUT2D eigenvalue weighted by Gasteiger charge is -2.19. The Balaban J connectivity index is 1.78. The first kappa shape index (κ1) is 25.9. The average molecular weight is 512 g/mol. The number of aryl methyl sites for hydroxylation is 1. The van der Waals surface area contributed by atoms with Gasteiger partial charge < -0.3 is 0 Å². The number of carbonyl (C=O) groups is 1. The van der Waals surface area contributed by atoms with Crippen LogP contribution in [0.3, 0.4) is 0 Å². The molecule has 1 heterocycles. The number of anilines is 1. The lowest BCUT2D eigenvalue weighted by Crippen LogP contribution is -2.33. The lowest BCUT2D eigenvalue weighted by molar-refractivity contribution is -0.121. The van der Waals surface area contributed by atoms with Crippen LogP contribution in [0.2, 0.25) is 0 Å². The zero-order valence-corrected chi connectivity index (χ0v) is 20.2. The van der Waals surface area contributed by atoms with Crippen LogP contribution in [0.15, 0.2) is 58.8 Å². The van der Waals surface area contributed by atoms with Gasteiger partial charge in [0.15, 0.2) is 9.34 Å². The summed E-state index contributed by atoms with van der Waals surface area (Å²) < 4.78 is 63.4. The minimum atomic E-state index is -4.69. The normalized spacial score (nSPS) is 12.0. The maximum absolute atomic E-state index is 13.1. The molecule has 0 saturated heterocycles. The molecule has 1 aromatic heterocycles. The third kappa shape index (κ3) is 6.64. The maximum atomic E-state index is 13.1. The largest absolute Gasteiger partial charge is 0.402 e. The molecule has 182 valence electrons. The Bertz CT molecular complexity index is 1230. The summed E-state index contributed by atoms with van der Waals surface area (Å²) in [4.78, 5) is 18.6. The second-order valence-electron chi connectivity index (χ2n) is 7.59. The Labute approximate surface area is 200 Å². The van der Waals surface area contributed by atoms with Gasteiger partial charge in [-0.3, -0.25) is 9.69 Å². The molecule has 0 fully saturated rings. The molecule has 2 aromatic carbocycles. The zero-order valence-electron chi connectivity index (χ0n) is 18.6. The van der Waals surface area contributed by atoms with E-state index in [1.54, 1.807) is 4.72 Å². The molecule has 1 N–H and O–H groups in total. The summed E-state index contributed by atoms with van der Waals surface area (Å²) in [5.41, 5.74) is 2.88. The van der Waals surface area contributed by atoms with Crippen molar-refractivity contribution in [2.24, 2.45) is 0 Å². The first-order valence-electron chi connectivity index (χ1n) is 10.5. The standard InChI is InChI=1S/C23H24F3N3O3S2/c1-3-13-29(22-28-16(2)21(33-22)34(31,32)27-15-23(24,25)26)20(30)14-17-9-11-19(12-10-17)18-7-5-4-6-8-18/h4-12,27H,3,13-15H2,1-2H3. The third-order valence-electron chi connectivity index (χ3n) is 4.85. The van der Waals surface area contributed by atoms with Gasteiger partial charge in [0.05, 0.1) is 12.1 Å². The van der Waals surface area contributed by atoms with Crippen molar-refractivity contribution in [3.05, 3.63) is 65.9 Å². The van der Waals surface area contributed by atoms with Crippen LogP contribution in [-0.2, 0) is 21.2 Å². The van der Waals surface area contributed by atoms with Crippen molar-refractivity contribution in [2.45, 2.75) is 37.1 Å². The van der Waals surface area contributed by atoms with Gasteiger partial charge in [0.25, 0.3) is 10.0 Å². The van der Waals surface area contributed by atoms with Crippen molar-refractivity contribution >= 4 is 32.4 Å². The Morgan fingerprint density at radius 1 is 1.06 bits per heavy atom. The van der Waals surface area contributed by atoms with Crippen molar-refractivity contribution in [1.82, 2.24) is 9.71 Å². The number of benzene rings is 2. The first-order valence-corrected chi connectivity index (χ1v) is 12.8. The van der Waals surface area contributed by atoms with E-state index in [9.17, 15) is 26.4 Å². The van der Waals surface area contributed by atoms with Crippen LogP contribution < -0.4 is 9.62 Å². The van der Waals surface area contributed by atoms with Crippen LogP contribution in [0.25, 0.3) is 11.1 Å². The molecule has 1 amide bonds. The van der Waals surface area contributed by atoms with Crippen LogP contribution in [-0.4, -0.2) is 38.6 Å². The van der Waals surface area contributed by atoms with Gasteiger partial charge in [-0.2, -0.15) is 13.2 Å². The number of aromatic nitrogens is 1. The van der Waals surface area contributed by atoms with Gasteiger partial charge in [-0.05, 0) is 30.0 Å². The number of nitrogens with zero attached hydrogens (tertiary/aromatic N) is 2. The van der Waals surface area contributed by atoms with Gasteiger partial charge in [-0.1, -0.05) is 72.9 Å². The number of hydrogen-bond donors (Lipinski definition) is 1. The Morgan fingerprint density at radius 2 is 1.68 bits per heavy atom. The topological polar surface area (TPSA) is 79.4 Å². The predicted molar refractivity (Wildman–Crippen MR) is 126 cm³/mol. The number of sulfonamides is 1. The SMILES string of the molecule is CCCN(C(=O)Cc1ccc(-c2ccccc2)cc1)c1nc(C)c(S(=O)(=O)NCC(F)(F)F)s1. The number of carbonyl (C=O) groups excluding carboxylic acids is 1. The van der Waals surface area contributed by atoms with Crippen LogP contribution >= 0.6 is 11.3 Å². The first-order chi connectivity index (χ1) is 16.0. The van der Waals surface area contributed by atoms with Crippen molar-refractivity contribution in [2.75, 3.05) is 18.0 Å².